The highest BCUT2D eigenvalue weighted by molar-refractivity contribution is 9.10. The fraction of sp³-hybridized carbons (Fsp3) is 0.538. The number of benzene rings is 1. The number of piperidine rings is 1. The number of rotatable bonds is 2. The van der Waals surface area contributed by atoms with Gasteiger partial charge in [0.05, 0.1) is 5.56 Å². The third kappa shape index (κ3) is 3.48. The van der Waals surface area contributed by atoms with E-state index in [1.165, 1.54) is 18.6 Å². The molecule has 0 amide bonds. The number of halogens is 4. The van der Waals surface area contributed by atoms with Crippen LogP contribution in [0.2, 0.25) is 0 Å². The van der Waals surface area contributed by atoms with Crippen molar-refractivity contribution < 1.29 is 13.2 Å². The molecule has 1 heterocycles. The van der Waals surface area contributed by atoms with Gasteiger partial charge in [0.25, 0.3) is 0 Å². The van der Waals surface area contributed by atoms with Gasteiger partial charge in [-0.1, -0.05) is 22.4 Å². The van der Waals surface area contributed by atoms with Crippen LogP contribution in [0.15, 0.2) is 22.7 Å². The van der Waals surface area contributed by atoms with Crippen molar-refractivity contribution in [3.05, 3.63) is 33.8 Å². The summed E-state index contributed by atoms with van der Waals surface area (Å²) in [6.07, 6.45) is -0.773. The van der Waals surface area contributed by atoms with E-state index in [9.17, 15) is 13.2 Å². The quantitative estimate of drug-likeness (QED) is 0.777. The Morgan fingerprint density at radius 2 is 1.78 bits per heavy atom. The number of nitrogens with zero attached hydrogens (tertiary/aromatic N) is 1. The molecule has 1 nitrogen and oxygen atoms in total. The Bertz CT molecular complexity index is 411. The SMILES string of the molecule is FC(F)(F)c1ccc(Br)c(CN2CCCCC2)c1. The van der Waals surface area contributed by atoms with Gasteiger partial charge >= 0.3 is 6.18 Å². The molecule has 1 aromatic rings. The summed E-state index contributed by atoms with van der Waals surface area (Å²) in [5, 5.41) is 0. The third-order valence-corrected chi connectivity index (χ3v) is 3.99. The van der Waals surface area contributed by atoms with Crippen LogP contribution in [0.4, 0.5) is 13.2 Å². The van der Waals surface area contributed by atoms with Crippen LogP contribution in [0.3, 0.4) is 0 Å². The molecule has 0 aromatic heterocycles. The number of likely N-dealkylation sites (tertiary alicyclic amines) is 1. The van der Waals surface area contributed by atoms with Gasteiger partial charge in [0.2, 0.25) is 0 Å². The molecule has 0 bridgehead atoms. The molecule has 0 spiro atoms. The summed E-state index contributed by atoms with van der Waals surface area (Å²) in [6.45, 7) is 2.54. The second-order valence-electron chi connectivity index (χ2n) is 4.64. The summed E-state index contributed by atoms with van der Waals surface area (Å²) in [5.41, 5.74) is 0.143. The van der Waals surface area contributed by atoms with Crippen LogP contribution < -0.4 is 0 Å². The largest absolute Gasteiger partial charge is 0.416 e. The normalized spacial score (nSPS) is 18.0. The lowest BCUT2D eigenvalue weighted by atomic mass is 10.1. The zero-order valence-corrected chi connectivity index (χ0v) is 11.5. The molecule has 5 heteroatoms. The summed E-state index contributed by atoms with van der Waals surface area (Å²) in [7, 11) is 0. The van der Waals surface area contributed by atoms with Gasteiger partial charge in [-0.05, 0) is 49.7 Å². The average Bonchev–Trinajstić information content (AvgIpc) is 2.32. The number of hydrogen-bond donors (Lipinski definition) is 0. The first-order valence-electron chi connectivity index (χ1n) is 6.05. The Kier molecular flexibility index (Phi) is 4.33. The molecule has 0 aliphatic carbocycles. The van der Waals surface area contributed by atoms with Crippen LogP contribution in [0.5, 0.6) is 0 Å². The third-order valence-electron chi connectivity index (χ3n) is 3.22. The second kappa shape index (κ2) is 5.61. The highest BCUT2D eigenvalue weighted by Crippen LogP contribution is 2.32. The fourth-order valence-corrected chi connectivity index (χ4v) is 2.60. The molecule has 0 unspecified atom stereocenters. The van der Waals surface area contributed by atoms with Crippen molar-refractivity contribution in [1.29, 1.82) is 0 Å². The van der Waals surface area contributed by atoms with E-state index >= 15 is 0 Å². The van der Waals surface area contributed by atoms with Gasteiger partial charge in [0.1, 0.15) is 0 Å². The first-order chi connectivity index (χ1) is 8.47. The summed E-state index contributed by atoms with van der Waals surface area (Å²) in [5.74, 6) is 0. The molecule has 1 aromatic carbocycles. The molecule has 1 saturated heterocycles. The molecule has 0 N–H and O–H groups in total. The monoisotopic (exact) mass is 321 g/mol. The Morgan fingerprint density at radius 3 is 2.39 bits per heavy atom. The Hall–Kier alpha value is -0.550. The highest BCUT2D eigenvalue weighted by atomic mass is 79.9. The zero-order valence-electron chi connectivity index (χ0n) is 9.93. The smallest absolute Gasteiger partial charge is 0.299 e. The van der Waals surface area contributed by atoms with E-state index < -0.39 is 11.7 Å². The lowest BCUT2D eigenvalue weighted by molar-refractivity contribution is -0.137. The van der Waals surface area contributed by atoms with Crippen molar-refractivity contribution in [2.75, 3.05) is 13.1 Å². The van der Waals surface area contributed by atoms with Crippen molar-refractivity contribution in [2.24, 2.45) is 0 Å². The van der Waals surface area contributed by atoms with Gasteiger partial charge in [0, 0.05) is 11.0 Å². The number of alkyl halides is 3. The highest BCUT2D eigenvalue weighted by Gasteiger charge is 2.31. The summed E-state index contributed by atoms with van der Waals surface area (Å²) in [6, 6.07) is 3.85. The van der Waals surface area contributed by atoms with Crippen molar-refractivity contribution in [1.82, 2.24) is 4.90 Å². The second-order valence-corrected chi connectivity index (χ2v) is 5.50. The van der Waals surface area contributed by atoms with Gasteiger partial charge in [-0.2, -0.15) is 13.2 Å². The summed E-state index contributed by atoms with van der Waals surface area (Å²) >= 11 is 3.33. The van der Waals surface area contributed by atoms with Crippen LogP contribution in [0.25, 0.3) is 0 Å². The minimum atomic E-state index is -4.27. The Balaban J connectivity index is 2.15. The van der Waals surface area contributed by atoms with Crippen molar-refractivity contribution in [3.8, 4) is 0 Å². The molecule has 0 radical (unpaired) electrons. The van der Waals surface area contributed by atoms with Gasteiger partial charge in [-0.15, -0.1) is 0 Å². The van der Waals surface area contributed by atoms with E-state index in [4.69, 9.17) is 0 Å². The van der Waals surface area contributed by atoms with E-state index in [2.05, 4.69) is 20.8 Å². The molecule has 1 aliphatic heterocycles. The standard InChI is InChI=1S/C13H15BrF3N/c14-12-5-4-11(13(15,16)17)8-10(12)9-18-6-2-1-3-7-18/h4-5,8H,1-3,6-7,9H2. The maximum Gasteiger partial charge on any atom is 0.416 e. The molecule has 1 fully saturated rings. The first-order valence-corrected chi connectivity index (χ1v) is 6.84. The van der Waals surface area contributed by atoms with Gasteiger partial charge in [-0.3, -0.25) is 4.90 Å². The molecule has 18 heavy (non-hydrogen) atoms. The van der Waals surface area contributed by atoms with Crippen molar-refractivity contribution >= 4 is 15.9 Å². The van der Waals surface area contributed by atoms with Crippen molar-refractivity contribution in [3.63, 3.8) is 0 Å². The van der Waals surface area contributed by atoms with E-state index in [-0.39, 0.29) is 0 Å². The topological polar surface area (TPSA) is 3.24 Å². The molecule has 0 atom stereocenters. The van der Waals surface area contributed by atoms with Gasteiger partial charge < -0.3 is 0 Å². The van der Waals surface area contributed by atoms with E-state index in [0.29, 0.717) is 12.1 Å². The summed E-state index contributed by atoms with van der Waals surface area (Å²) < 4.78 is 38.7. The van der Waals surface area contributed by atoms with Crippen LogP contribution in [0.1, 0.15) is 30.4 Å². The van der Waals surface area contributed by atoms with Gasteiger partial charge in [0.15, 0.2) is 0 Å². The van der Waals surface area contributed by atoms with Crippen LogP contribution >= 0.6 is 15.9 Å². The maximum absolute atomic E-state index is 12.6. The van der Waals surface area contributed by atoms with Crippen LogP contribution in [-0.4, -0.2) is 18.0 Å². The Labute approximate surface area is 113 Å². The predicted octanol–water partition coefficient (Wildman–Crippen LogP) is 4.45. The lowest BCUT2D eigenvalue weighted by Gasteiger charge is -2.27. The minimum Gasteiger partial charge on any atom is -0.299 e. The van der Waals surface area contributed by atoms with Gasteiger partial charge in [-0.25, -0.2) is 0 Å². The molecular formula is C13H15BrF3N. The fourth-order valence-electron chi connectivity index (χ4n) is 2.23. The zero-order chi connectivity index (χ0) is 13.2. The molecule has 2 rings (SSSR count). The number of hydrogen-bond acceptors (Lipinski definition) is 1. The van der Waals surface area contributed by atoms with Crippen LogP contribution in [0, 0.1) is 0 Å². The van der Waals surface area contributed by atoms with Crippen LogP contribution in [-0.2, 0) is 12.7 Å². The molecule has 100 valence electrons. The van der Waals surface area contributed by atoms with E-state index in [0.717, 1.165) is 36.5 Å². The first kappa shape index (κ1) is 13.9. The molecule has 0 saturated carbocycles. The molecular weight excluding hydrogens is 307 g/mol. The van der Waals surface area contributed by atoms with Crippen molar-refractivity contribution in [2.45, 2.75) is 32.0 Å². The van der Waals surface area contributed by atoms with E-state index in [1.54, 1.807) is 0 Å². The summed E-state index contributed by atoms with van der Waals surface area (Å²) in [4.78, 5) is 2.21. The predicted molar refractivity (Wildman–Crippen MR) is 68.3 cm³/mol. The van der Waals surface area contributed by atoms with E-state index in [1.807, 2.05) is 0 Å². The average molecular weight is 322 g/mol. The maximum atomic E-state index is 12.6. The Morgan fingerprint density at radius 1 is 1.11 bits per heavy atom. The molecule has 1 aliphatic rings. The minimum absolute atomic E-state index is 0.572. The lowest BCUT2D eigenvalue weighted by Crippen LogP contribution is -2.29.